The van der Waals surface area contributed by atoms with Crippen molar-refractivity contribution in [3.05, 3.63) is 45.2 Å². The first kappa shape index (κ1) is 14.0. The Morgan fingerprint density at radius 1 is 1.42 bits per heavy atom. The Bertz CT molecular complexity index is 563. The molecule has 0 radical (unpaired) electrons. The van der Waals surface area contributed by atoms with E-state index in [1.165, 1.54) is 18.1 Å². The number of thiazole rings is 1. The van der Waals surface area contributed by atoms with Crippen molar-refractivity contribution in [2.24, 2.45) is 5.73 Å². The van der Waals surface area contributed by atoms with Crippen LogP contribution in [0.2, 0.25) is 0 Å². The van der Waals surface area contributed by atoms with E-state index in [4.69, 9.17) is 10.5 Å². The zero-order chi connectivity index (χ0) is 14.0. The first-order valence-corrected chi connectivity index (χ1v) is 6.85. The number of ether oxygens (including phenoxy) is 1. The summed E-state index contributed by atoms with van der Waals surface area (Å²) in [5.41, 5.74) is 8.04. The second-order valence-corrected chi connectivity index (χ2v) is 5.74. The Labute approximate surface area is 116 Å². The van der Waals surface area contributed by atoms with Crippen molar-refractivity contribution in [3.8, 4) is 5.75 Å². The van der Waals surface area contributed by atoms with Gasteiger partial charge in [0.15, 0.2) is 11.6 Å². The highest BCUT2D eigenvalue weighted by molar-refractivity contribution is 7.11. The van der Waals surface area contributed by atoms with Gasteiger partial charge < -0.3 is 10.5 Å². The number of nitrogens with zero attached hydrogens (tertiary/aromatic N) is 1. The fourth-order valence-electron chi connectivity index (χ4n) is 1.84. The quantitative estimate of drug-likeness (QED) is 0.936. The fraction of sp³-hybridized carbons (Fsp3) is 0.357. The number of aromatic nitrogens is 1. The van der Waals surface area contributed by atoms with Crippen LogP contribution in [0.25, 0.3) is 0 Å². The van der Waals surface area contributed by atoms with Crippen molar-refractivity contribution in [2.75, 3.05) is 7.11 Å². The normalized spacial score (nSPS) is 12.5. The van der Waals surface area contributed by atoms with Gasteiger partial charge in [-0.1, -0.05) is 6.07 Å². The van der Waals surface area contributed by atoms with Crippen LogP contribution in [0, 0.1) is 19.7 Å². The second kappa shape index (κ2) is 5.67. The number of halogens is 1. The van der Waals surface area contributed by atoms with Gasteiger partial charge in [-0.2, -0.15) is 0 Å². The summed E-state index contributed by atoms with van der Waals surface area (Å²) in [5.74, 6) is -0.154. The molecule has 0 amide bonds. The largest absolute Gasteiger partial charge is 0.494 e. The summed E-state index contributed by atoms with van der Waals surface area (Å²) in [6.07, 6.45) is 0.647. The van der Waals surface area contributed by atoms with E-state index in [1.807, 2.05) is 13.8 Å². The van der Waals surface area contributed by atoms with E-state index in [2.05, 4.69) is 4.98 Å². The Morgan fingerprint density at radius 2 is 2.16 bits per heavy atom. The van der Waals surface area contributed by atoms with Gasteiger partial charge in [-0.25, -0.2) is 9.37 Å². The lowest BCUT2D eigenvalue weighted by Gasteiger charge is -2.12. The molecule has 0 bridgehead atoms. The lowest BCUT2D eigenvalue weighted by atomic mass is 10.0. The molecule has 0 fully saturated rings. The van der Waals surface area contributed by atoms with Gasteiger partial charge in [0, 0.05) is 17.3 Å². The molecule has 1 aromatic heterocycles. The maximum absolute atomic E-state index is 13.3. The summed E-state index contributed by atoms with van der Waals surface area (Å²) in [6.45, 7) is 4.03. The van der Waals surface area contributed by atoms with E-state index >= 15 is 0 Å². The van der Waals surface area contributed by atoms with E-state index in [0.29, 0.717) is 6.42 Å². The summed E-state index contributed by atoms with van der Waals surface area (Å²) in [4.78, 5) is 5.68. The van der Waals surface area contributed by atoms with E-state index in [-0.39, 0.29) is 17.6 Å². The first-order valence-electron chi connectivity index (χ1n) is 6.03. The van der Waals surface area contributed by atoms with Gasteiger partial charge in [-0.05, 0) is 31.5 Å². The highest BCUT2D eigenvalue weighted by Gasteiger charge is 2.13. The molecule has 5 heteroatoms. The standard InChI is InChI=1S/C14H17FN2OS/c1-8-9(2)19-14(17-8)7-12(16)10-4-5-11(15)13(6-10)18-3/h4-6,12H,7,16H2,1-3H3. The number of benzene rings is 1. The SMILES string of the molecule is COc1cc(C(N)Cc2nc(C)c(C)s2)ccc1F. The summed E-state index contributed by atoms with van der Waals surface area (Å²) >= 11 is 1.65. The van der Waals surface area contributed by atoms with E-state index < -0.39 is 0 Å². The van der Waals surface area contributed by atoms with Crippen molar-refractivity contribution in [2.45, 2.75) is 26.3 Å². The van der Waals surface area contributed by atoms with Crippen molar-refractivity contribution in [3.63, 3.8) is 0 Å². The molecular formula is C14H17FN2OS. The zero-order valence-corrected chi connectivity index (χ0v) is 12.1. The average Bonchev–Trinajstić information content (AvgIpc) is 2.68. The number of hydrogen-bond donors (Lipinski definition) is 1. The van der Waals surface area contributed by atoms with Crippen molar-refractivity contribution in [1.82, 2.24) is 4.98 Å². The van der Waals surface area contributed by atoms with E-state index in [1.54, 1.807) is 23.5 Å². The van der Waals surface area contributed by atoms with Crippen LogP contribution in [0.1, 0.15) is 27.2 Å². The number of aryl methyl sites for hydroxylation is 2. The number of methoxy groups -OCH3 is 1. The predicted octanol–water partition coefficient (Wildman–Crippen LogP) is 3.15. The minimum atomic E-state index is -0.376. The molecule has 0 aliphatic heterocycles. The molecule has 1 aromatic carbocycles. The molecule has 0 aliphatic rings. The van der Waals surface area contributed by atoms with Crippen molar-refractivity contribution < 1.29 is 9.13 Å². The van der Waals surface area contributed by atoms with Crippen LogP contribution >= 0.6 is 11.3 Å². The molecule has 0 spiro atoms. The lowest BCUT2D eigenvalue weighted by molar-refractivity contribution is 0.385. The summed E-state index contributed by atoms with van der Waals surface area (Å²) in [7, 11) is 1.45. The van der Waals surface area contributed by atoms with Gasteiger partial charge in [0.2, 0.25) is 0 Å². The number of hydrogen-bond acceptors (Lipinski definition) is 4. The molecule has 2 rings (SSSR count). The maximum Gasteiger partial charge on any atom is 0.165 e. The molecule has 0 aliphatic carbocycles. The third-order valence-electron chi connectivity index (χ3n) is 3.07. The topological polar surface area (TPSA) is 48.1 Å². The van der Waals surface area contributed by atoms with Crippen molar-refractivity contribution in [1.29, 1.82) is 0 Å². The molecule has 0 saturated carbocycles. The minimum Gasteiger partial charge on any atom is -0.494 e. The Kier molecular flexibility index (Phi) is 4.17. The van der Waals surface area contributed by atoms with Gasteiger partial charge in [-0.3, -0.25) is 0 Å². The van der Waals surface area contributed by atoms with Gasteiger partial charge in [0.05, 0.1) is 17.8 Å². The van der Waals surface area contributed by atoms with Crippen LogP contribution in [0.15, 0.2) is 18.2 Å². The summed E-state index contributed by atoms with van der Waals surface area (Å²) in [6, 6.07) is 4.51. The molecule has 19 heavy (non-hydrogen) atoms. The Morgan fingerprint density at radius 3 is 2.74 bits per heavy atom. The van der Waals surface area contributed by atoms with Gasteiger partial charge >= 0.3 is 0 Å². The summed E-state index contributed by atoms with van der Waals surface area (Å²) < 4.78 is 18.3. The van der Waals surface area contributed by atoms with Crippen LogP contribution in [0.3, 0.4) is 0 Å². The monoisotopic (exact) mass is 280 g/mol. The zero-order valence-electron chi connectivity index (χ0n) is 11.2. The van der Waals surface area contributed by atoms with E-state index in [0.717, 1.165) is 16.3 Å². The third kappa shape index (κ3) is 3.11. The fourth-order valence-corrected chi connectivity index (χ4v) is 2.83. The van der Waals surface area contributed by atoms with Crippen LogP contribution in [0.5, 0.6) is 5.75 Å². The van der Waals surface area contributed by atoms with Gasteiger partial charge in [0.25, 0.3) is 0 Å². The minimum absolute atomic E-state index is 0.209. The van der Waals surface area contributed by atoms with Crippen LogP contribution in [-0.4, -0.2) is 12.1 Å². The number of rotatable bonds is 4. The molecule has 3 nitrogen and oxygen atoms in total. The Hall–Kier alpha value is -1.46. The molecule has 102 valence electrons. The van der Waals surface area contributed by atoms with Crippen molar-refractivity contribution >= 4 is 11.3 Å². The lowest BCUT2D eigenvalue weighted by Crippen LogP contribution is -2.13. The average molecular weight is 280 g/mol. The predicted molar refractivity (Wildman–Crippen MR) is 75.2 cm³/mol. The van der Waals surface area contributed by atoms with Crippen LogP contribution in [0.4, 0.5) is 4.39 Å². The maximum atomic E-state index is 13.3. The Balaban J connectivity index is 2.17. The van der Waals surface area contributed by atoms with E-state index in [9.17, 15) is 4.39 Å². The second-order valence-electron chi connectivity index (χ2n) is 4.45. The molecule has 2 aromatic rings. The third-order valence-corrected chi connectivity index (χ3v) is 4.17. The number of nitrogens with two attached hydrogens (primary N) is 1. The van der Waals surface area contributed by atoms with Gasteiger partial charge in [0.1, 0.15) is 0 Å². The molecule has 1 atom stereocenters. The highest BCUT2D eigenvalue weighted by Crippen LogP contribution is 2.25. The first-order chi connectivity index (χ1) is 9.01. The molecule has 1 heterocycles. The highest BCUT2D eigenvalue weighted by atomic mass is 32.1. The molecular weight excluding hydrogens is 263 g/mol. The smallest absolute Gasteiger partial charge is 0.165 e. The van der Waals surface area contributed by atoms with Gasteiger partial charge in [-0.15, -0.1) is 11.3 Å². The molecule has 0 saturated heterocycles. The molecule has 2 N–H and O–H groups in total. The van der Waals surface area contributed by atoms with Crippen LogP contribution in [-0.2, 0) is 6.42 Å². The summed E-state index contributed by atoms with van der Waals surface area (Å²) in [5, 5.41) is 1.01. The van der Waals surface area contributed by atoms with Crippen LogP contribution < -0.4 is 10.5 Å². The molecule has 1 unspecified atom stereocenters.